The molecule has 1 heterocycles. The summed E-state index contributed by atoms with van der Waals surface area (Å²) in [6.07, 6.45) is 0. The highest BCUT2D eigenvalue weighted by atomic mass is 32.2. The highest BCUT2D eigenvalue weighted by Gasteiger charge is 2.14. The Morgan fingerprint density at radius 2 is 2.14 bits per heavy atom. The number of ether oxygens (including phenoxy) is 1. The Hall–Kier alpha value is -2.34. The smallest absolute Gasteiger partial charge is 0.288 e. The van der Waals surface area contributed by atoms with Crippen LogP contribution in [0.1, 0.15) is 5.56 Å². The Kier molecular flexibility index (Phi) is 3.62. The number of nitrogen functional groups attached to an aromatic ring is 1. The number of methoxy groups -OCH3 is 1. The molecule has 0 amide bonds. The van der Waals surface area contributed by atoms with Crippen molar-refractivity contribution in [1.29, 1.82) is 0 Å². The largest absolute Gasteiger partial charge is 0.497 e. The fourth-order valence-electron chi connectivity index (χ4n) is 1.99. The highest BCUT2D eigenvalue weighted by molar-refractivity contribution is 7.84. The number of anilines is 1. The highest BCUT2D eigenvalue weighted by Crippen LogP contribution is 2.22. The third-order valence-electron chi connectivity index (χ3n) is 3.02. The van der Waals surface area contributed by atoms with E-state index in [0.29, 0.717) is 22.5 Å². The fourth-order valence-corrected chi connectivity index (χ4v) is 2.98. The van der Waals surface area contributed by atoms with Crippen LogP contribution in [-0.4, -0.2) is 16.3 Å². The summed E-state index contributed by atoms with van der Waals surface area (Å²) in [6.45, 7) is 0. The summed E-state index contributed by atoms with van der Waals surface area (Å²) < 4.78 is 23.0. The van der Waals surface area contributed by atoms with Crippen LogP contribution >= 0.6 is 0 Å². The second kappa shape index (κ2) is 5.57. The van der Waals surface area contributed by atoms with Gasteiger partial charge in [-0.05, 0) is 29.8 Å². The Balaban J connectivity index is 1.86. The lowest BCUT2D eigenvalue weighted by atomic mass is 10.2. The van der Waals surface area contributed by atoms with E-state index < -0.39 is 10.8 Å². The number of hydrogen-bond donors (Lipinski definition) is 1. The van der Waals surface area contributed by atoms with E-state index >= 15 is 0 Å². The lowest BCUT2D eigenvalue weighted by molar-refractivity contribution is 0.414. The number of oxazole rings is 1. The van der Waals surface area contributed by atoms with Crippen LogP contribution in [0.4, 0.5) is 5.69 Å². The summed E-state index contributed by atoms with van der Waals surface area (Å²) in [4.78, 5) is 4.24. The molecule has 5 nitrogen and oxygen atoms in total. The van der Waals surface area contributed by atoms with Gasteiger partial charge < -0.3 is 14.9 Å². The predicted octanol–water partition coefficient (Wildman–Crippen LogP) is 2.73. The van der Waals surface area contributed by atoms with Gasteiger partial charge >= 0.3 is 0 Å². The van der Waals surface area contributed by atoms with Crippen molar-refractivity contribution in [3.05, 3.63) is 48.0 Å². The van der Waals surface area contributed by atoms with Gasteiger partial charge in [-0.2, -0.15) is 0 Å². The SMILES string of the molecule is COc1cccc(CS(=O)c2nc3ccc(N)cc3o2)c1. The van der Waals surface area contributed by atoms with E-state index in [1.165, 1.54) is 0 Å². The van der Waals surface area contributed by atoms with Crippen LogP contribution in [0, 0.1) is 0 Å². The first-order valence-electron chi connectivity index (χ1n) is 6.33. The van der Waals surface area contributed by atoms with Gasteiger partial charge in [-0.15, -0.1) is 0 Å². The lowest BCUT2D eigenvalue weighted by Gasteiger charge is -2.02. The van der Waals surface area contributed by atoms with E-state index in [-0.39, 0.29) is 5.22 Å². The topological polar surface area (TPSA) is 78.3 Å². The molecule has 1 atom stereocenters. The van der Waals surface area contributed by atoms with Gasteiger partial charge in [0, 0.05) is 11.8 Å². The normalized spacial score (nSPS) is 12.4. The summed E-state index contributed by atoms with van der Waals surface area (Å²) in [5, 5.41) is 0.207. The molecule has 6 heteroatoms. The van der Waals surface area contributed by atoms with Crippen molar-refractivity contribution in [2.75, 3.05) is 12.8 Å². The minimum atomic E-state index is -1.36. The molecule has 0 aliphatic rings. The second-order valence-corrected chi connectivity index (χ2v) is 5.88. The van der Waals surface area contributed by atoms with Crippen LogP contribution in [0.15, 0.2) is 52.1 Å². The molecule has 108 valence electrons. The third kappa shape index (κ3) is 2.90. The molecule has 21 heavy (non-hydrogen) atoms. The van der Waals surface area contributed by atoms with Crippen LogP contribution in [-0.2, 0) is 16.6 Å². The summed E-state index contributed by atoms with van der Waals surface area (Å²) in [6, 6.07) is 12.6. The van der Waals surface area contributed by atoms with Crippen LogP contribution in [0.25, 0.3) is 11.1 Å². The monoisotopic (exact) mass is 302 g/mol. The summed E-state index contributed by atoms with van der Waals surface area (Å²) in [5.74, 6) is 1.05. The molecule has 1 aromatic heterocycles. The first-order chi connectivity index (χ1) is 10.2. The molecule has 0 fully saturated rings. The van der Waals surface area contributed by atoms with Crippen LogP contribution < -0.4 is 10.5 Å². The molecular formula is C15H14N2O3S. The van der Waals surface area contributed by atoms with E-state index in [0.717, 1.165) is 11.3 Å². The van der Waals surface area contributed by atoms with Crippen LogP contribution in [0.2, 0.25) is 0 Å². The van der Waals surface area contributed by atoms with Crippen molar-refractivity contribution in [2.24, 2.45) is 0 Å². The summed E-state index contributed by atoms with van der Waals surface area (Å²) in [7, 11) is 0.240. The van der Waals surface area contributed by atoms with Gasteiger partial charge in [0.15, 0.2) is 5.58 Å². The Bertz CT molecular complexity index is 814. The van der Waals surface area contributed by atoms with Crippen molar-refractivity contribution >= 4 is 27.6 Å². The minimum absolute atomic E-state index is 0.207. The van der Waals surface area contributed by atoms with Gasteiger partial charge in [-0.25, -0.2) is 9.19 Å². The molecule has 0 aliphatic carbocycles. The zero-order valence-corrected chi connectivity index (χ0v) is 12.2. The number of benzene rings is 2. The van der Waals surface area contributed by atoms with E-state index in [9.17, 15) is 4.21 Å². The second-order valence-electron chi connectivity index (χ2n) is 4.55. The van der Waals surface area contributed by atoms with Gasteiger partial charge in [0.2, 0.25) is 0 Å². The maximum atomic E-state index is 12.4. The molecule has 3 aromatic rings. The molecule has 0 radical (unpaired) electrons. The average Bonchev–Trinajstić information content (AvgIpc) is 2.90. The quantitative estimate of drug-likeness (QED) is 0.750. The summed E-state index contributed by atoms with van der Waals surface area (Å²) in [5.41, 5.74) is 8.37. The predicted molar refractivity (Wildman–Crippen MR) is 81.5 cm³/mol. The summed E-state index contributed by atoms with van der Waals surface area (Å²) >= 11 is 0. The van der Waals surface area contributed by atoms with Gasteiger partial charge in [-0.3, -0.25) is 0 Å². The lowest BCUT2D eigenvalue weighted by Crippen LogP contribution is -1.97. The van der Waals surface area contributed by atoms with Crippen molar-refractivity contribution in [3.8, 4) is 5.75 Å². The van der Waals surface area contributed by atoms with Crippen LogP contribution in [0.3, 0.4) is 0 Å². The number of hydrogen-bond acceptors (Lipinski definition) is 5. The van der Waals surface area contributed by atoms with E-state index in [4.69, 9.17) is 14.9 Å². The van der Waals surface area contributed by atoms with E-state index in [1.807, 2.05) is 24.3 Å². The van der Waals surface area contributed by atoms with Crippen LogP contribution in [0.5, 0.6) is 5.75 Å². The Morgan fingerprint density at radius 3 is 2.95 bits per heavy atom. The Labute approximate surface area is 124 Å². The molecule has 0 saturated carbocycles. The average molecular weight is 302 g/mol. The molecule has 0 aliphatic heterocycles. The van der Waals surface area contributed by atoms with Crippen molar-refractivity contribution in [1.82, 2.24) is 4.98 Å². The molecule has 3 rings (SSSR count). The van der Waals surface area contributed by atoms with E-state index in [1.54, 1.807) is 25.3 Å². The third-order valence-corrected chi connectivity index (χ3v) is 4.18. The van der Waals surface area contributed by atoms with Crippen molar-refractivity contribution in [2.45, 2.75) is 11.0 Å². The molecule has 0 bridgehead atoms. The molecule has 2 N–H and O–H groups in total. The van der Waals surface area contributed by atoms with Gasteiger partial charge in [-0.1, -0.05) is 12.1 Å². The number of aromatic nitrogens is 1. The number of nitrogens with zero attached hydrogens (tertiary/aromatic N) is 1. The molecule has 0 saturated heterocycles. The van der Waals surface area contributed by atoms with Crippen molar-refractivity contribution < 1.29 is 13.4 Å². The maximum Gasteiger partial charge on any atom is 0.288 e. The zero-order chi connectivity index (χ0) is 14.8. The molecule has 2 aromatic carbocycles. The number of nitrogens with two attached hydrogens (primary N) is 1. The zero-order valence-electron chi connectivity index (χ0n) is 11.4. The van der Waals surface area contributed by atoms with Gasteiger partial charge in [0.25, 0.3) is 5.22 Å². The number of fused-ring (bicyclic) bond motifs is 1. The first kappa shape index (κ1) is 13.6. The fraction of sp³-hybridized carbons (Fsp3) is 0.133. The Morgan fingerprint density at radius 1 is 1.29 bits per heavy atom. The van der Waals surface area contributed by atoms with Gasteiger partial charge in [0.05, 0.1) is 12.9 Å². The minimum Gasteiger partial charge on any atom is -0.497 e. The van der Waals surface area contributed by atoms with Crippen molar-refractivity contribution in [3.63, 3.8) is 0 Å². The standard InChI is InChI=1S/C15H14N2O3S/c1-19-12-4-2-3-10(7-12)9-21(18)15-17-13-6-5-11(16)8-14(13)20-15/h2-8H,9,16H2,1H3. The van der Waals surface area contributed by atoms with Gasteiger partial charge in [0.1, 0.15) is 22.1 Å². The molecular weight excluding hydrogens is 288 g/mol. The van der Waals surface area contributed by atoms with E-state index in [2.05, 4.69) is 4.98 Å². The first-order valence-corrected chi connectivity index (χ1v) is 7.65. The molecule has 1 unspecified atom stereocenters. The maximum absolute atomic E-state index is 12.4. The number of rotatable bonds is 4. The molecule has 0 spiro atoms.